The van der Waals surface area contributed by atoms with Crippen molar-refractivity contribution < 1.29 is 5.21 Å². The van der Waals surface area contributed by atoms with Gasteiger partial charge >= 0.3 is 0 Å². The fourth-order valence-electron chi connectivity index (χ4n) is 1.67. The molecule has 6 nitrogen and oxygen atoms in total. The third kappa shape index (κ3) is 1.39. The zero-order valence-corrected chi connectivity index (χ0v) is 7.77. The van der Waals surface area contributed by atoms with E-state index < -0.39 is 0 Å². The van der Waals surface area contributed by atoms with E-state index in [1.54, 1.807) is 0 Å². The normalized spacial score (nSPS) is 16.1. The van der Waals surface area contributed by atoms with Gasteiger partial charge in [-0.15, -0.1) is 0 Å². The van der Waals surface area contributed by atoms with Gasteiger partial charge in [0.2, 0.25) is 0 Å². The molecule has 2 heterocycles. The predicted octanol–water partition coefficient (Wildman–Crippen LogP) is -0.218. The molecule has 0 radical (unpaired) electrons. The van der Waals surface area contributed by atoms with Gasteiger partial charge < -0.3 is 15.8 Å². The topological polar surface area (TPSA) is 91.2 Å². The molecule has 0 bridgehead atoms. The molecule has 1 aromatic rings. The number of hydrogen-bond acceptors (Lipinski definition) is 5. The second-order valence-electron chi connectivity index (χ2n) is 3.37. The van der Waals surface area contributed by atoms with Crippen LogP contribution in [0.3, 0.4) is 0 Å². The Morgan fingerprint density at radius 1 is 1.43 bits per heavy atom. The van der Waals surface area contributed by atoms with Crippen LogP contribution < -0.4 is 16.3 Å². The molecule has 1 aliphatic rings. The fourth-order valence-corrected chi connectivity index (χ4v) is 1.67. The van der Waals surface area contributed by atoms with Crippen molar-refractivity contribution in [1.29, 1.82) is 5.41 Å². The number of nitrogens with one attached hydrogen (secondary N) is 1. The van der Waals surface area contributed by atoms with Gasteiger partial charge in [-0.3, -0.25) is 5.41 Å². The summed E-state index contributed by atoms with van der Waals surface area (Å²) in [5.74, 6) is 0.308. The minimum absolute atomic E-state index is 0.245. The van der Waals surface area contributed by atoms with Crippen molar-refractivity contribution in [2.45, 2.75) is 12.8 Å². The zero-order chi connectivity index (χ0) is 10.1. The second-order valence-corrected chi connectivity index (χ2v) is 3.37. The van der Waals surface area contributed by atoms with Crippen LogP contribution in [0.15, 0.2) is 6.20 Å². The summed E-state index contributed by atoms with van der Waals surface area (Å²) in [5, 5.41) is 16.5. The molecule has 1 fully saturated rings. The molecule has 0 unspecified atom stereocenters. The van der Waals surface area contributed by atoms with Gasteiger partial charge in [0.05, 0.1) is 11.9 Å². The van der Waals surface area contributed by atoms with Crippen molar-refractivity contribution in [3.8, 4) is 0 Å². The molecule has 1 saturated heterocycles. The van der Waals surface area contributed by atoms with E-state index in [0.717, 1.165) is 25.9 Å². The number of anilines is 2. The first kappa shape index (κ1) is 8.86. The van der Waals surface area contributed by atoms with Crippen LogP contribution in [-0.2, 0) is 0 Å². The summed E-state index contributed by atoms with van der Waals surface area (Å²) < 4.78 is 0.685. The lowest BCUT2D eigenvalue weighted by molar-refractivity contribution is 0.165. The third-order valence-electron chi connectivity index (χ3n) is 2.40. The van der Waals surface area contributed by atoms with Crippen molar-refractivity contribution in [3.63, 3.8) is 0 Å². The summed E-state index contributed by atoms with van der Waals surface area (Å²) in [6, 6.07) is 0. The lowest BCUT2D eigenvalue weighted by Gasteiger charge is -2.18. The summed E-state index contributed by atoms with van der Waals surface area (Å²) in [5.41, 5.74) is 6.14. The van der Waals surface area contributed by atoms with Crippen molar-refractivity contribution in [3.05, 3.63) is 11.8 Å². The number of nitrogens with zero attached hydrogens (tertiary/aromatic N) is 3. The van der Waals surface area contributed by atoms with Crippen LogP contribution in [0.25, 0.3) is 0 Å². The van der Waals surface area contributed by atoms with E-state index in [0.29, 0.717) is 16.2 Å². The van der Waals surface area contributed by atoms with Gasteiger partial charge in [-0.05, 0) is 12.8 Å². The van der Waals surface area contributed by atoms with Crippen LogP contribution in [-0.4, -0.2) is 28.0 Å². The van der Waals surface area contributed by atoms with Crippen LogP contribution in [0, 0.1) is 5.41 Å². The monoisotopic (exact) mass is 195 g/mol. The summed E-state index contributed by atoms with van der Waals surface area (Å²) in [7, 11) is 0. The highest BCUT2D eigenvalue weighted by atomic mass is 16.5. The maximum Gasteiger partial charge on any atom is 0.257 e. The van der Waals surface area contributed by atoms with Crippen molar-refractivity contribution in [1.82, 2.24) is 9.71 Å². The molecule has 14 heavy (non-hydrogen) atoms. The van der Waals surface area contributed by atoms with Crippen LogP contribution in [0.2, 0.25) is 0 Å². The summed E-state index contributed by atoms with van der Waals surface area (Å²) >= 11 is 0. The van der Waals surface area contributed by atoms with Crippen LogP contribution in [0.5, 0.6) is 0 Å². The Kier molecular flexibility index (Phi) is 2.03. The van der Waals surface area contributed by atoms with E-state index in [9.17, 15) is 5.21 Å². The van der Waals surface area contributed by atoms with Gasteiger partial charge in [0, 0.05) is 13.1 Å². The number of nitrogen functional groups attached to an aromatic ring is 1. The van der Waals surface area contributed by atoms with E-state index in [2.05, 4.69) is 9.88 Å². The van der Waals surface area contributed by atoms with Gasteiger partial charge in [0.15, 0.2) is 5.82 Å². The molecule has 76 valence electrons. The summed E-state index contributed by atoms with van der Waals surface area (Å²) in [6.45, 7) is 1.87. The Morgan fingerprint density at radius 2 is 2.07 bits per heavy atom. The fraction of sp³-hybridized carbons (Fsp3) is 0.500. The Bertz CT molecular complexity index is 393. The van der Waals surface area contributed by atoms with Gasteiger partial charge in [0.1, 0.15) is 0 Å². The minimum atomic E-state index is -0.245. The molecule has 1 aliphatic heterocycles. The van der Waals surface area contributed by atoms with E-state index in [-0.39, 0.29) is 5.62 Å². The Morgan fingerprint density at radius 3 is 2.71 bits per heavy atom. The minimum Gasteiger partial charge on any atom is -0.425 e. The smallest absolute Gasteiger partial charge is 0.257 e. The first-order chi connectivity index (χ1) is 6.68. The van der Waals surface area contributed by atoms with E-state index in [4.69, 9.17) is 11.1 Å². The zero-order valence-electron chi connectivity index (χ0n) is 7.77. The predicted molar refractivity (Wildman–Crippen MR) is 51.1 cm³/mol. The molecule has 6 heteroatoms. The third-order valence-corrected chi connectivity index (χ3v) is 2.40. The number of hydrogen-bond donors (Lipinski definition) is 3. The molecule has 1 aromatic heterocycles. The van der Waals surface area contributed by atoms with E-state index >= 15 is 0 Å². The van der Waals surface area contributed by atoms with Crippen molar-refractivity contribution in [2.75, 3.05) is 23.7 Å². The molecular formula is C8H13N5O. The van der Waals surface area contributed by atoms with Gasteiger partial charge in [-0.2, -0.15) is 9.71 Å². The quantitative estimate of drug-likeness (QED) is 0.540. The van der Waals surface area contributed by atoms with Crippen LogP contribution in [0.4, 0.5) is 11.5 Å². The average Bonchev–Trinajstić information content (AvgIpc) is 2.64. The Hall–Kier alpha value is -1.72. The van der Waals surface area contributed by atoms with Crippen LogP contribution in [0.1, 0.15) is 12.8 Å². The van der Waals surface area contributed by atoms with Gasteiger partial charge in [-0.25, -0.2) is 0 Å². The largest absolute Gasteiger partial charge is 0.425 e. The molecule has 2 rings (SSSR count). The number of rotatable bonds is 1. The maximum atomic E-state index is 9.27. The standard InChI is InChI=1S/C8H13N5O/c9-7-6(12-3-1-2-4-12)5-13(14)8(10)11-7/h5,14H,1-4H2,(H3,9,10,11). The van der Waals surface area contributed by atoms with Crippen molar-refractivity contribution >= 4 is 11.5 Å². The molecule has 0 saturated carbocycles. The van der Waals surface area contributed by atoms with Gasteiger partial charge in [-0.1, -0.05) is 0 Å². The van der Waals surface area contributed by atoms with E-state index in [1.807, 2.05) is 0 Å². The molecule has 0 spiro atoms. The van der Waals surface area contributed by atoms with Crippen molar-refractivity contribution in [2.24, 2.45) is 0 Å². The number of nitrogens with two attached hydrogens (primary N) is 1. The molecule has 0 aromatic carbocycles. The first-order valence-electron chi connectivity index (χ1n) is 4.56. The summed E-state index contributed by atoms with van der Waals surface area (Å²) in [4.78, 5) is 5.80. The van der Waals surface area contributed by atoms with Crippen LogP contribution >= 0.6 is 0 Å². The Labute approximate surface area is 81.1 Å². The highest BCUT2D eigenvalue weighted by molar-refractivity contribution is 5.61. The average molecular weight is 195 g/mol. The molecule has 0 atom stereocenters. The highest BCUT2D eigenvalue weighted by Gasteiger charge is 2.16. The highest BCUT2D eigenvalue weighted by Crippen LogP contribution is 2.22. The molecular weight excluding hydrogens is 182 g/mol. The maximum absolute atomic E-state index is 9.27. The lowest BCUT2D eigenvalue weighted by Crippen LogP contribution is -2.27. The Balaban J connectivity index is 2.42. The van der Waals surface area contributed by atoms with Gasteiger partial charge in [0.25, 0.3) is 5.62 Å². The summed E-state index contributed by atoms with van der Waals surface area (Å²) in [6.07, 6.45) is 3.71. The van der Waals surface area contributed by atoms with E-state index in [1.165, 1.54) is 6.20 Å². The molecule has 0 aliphatic carbocycles. The second kappa shape index (κ2) is 3.21. The lowest BCUT2D eigenvalue weighted by atomic mass is 10.4. The molecule has 4 N–H and O–H groups in total. The SMILES string of the molecule is N=c1nc(N)c(N2CCCC2)cn1O. The number of aromatic nitrogens is 2. The molecule has 0 amide bonds. The first-order valence-corrected chi connectivity index (χ1v) is 4.56.